The van der Waals surface area contributed by atoms with Crippen molar-refractivity contribution < 1.29 is 13.2 Å². The molecule has 1 aromatic carbocycles. The van der Waals surface area contributed by atoms with Crippen LogP contribution in [0.1, 0.15) is 24.0 Å². The number of fused-ring (bicyclic) bond motifs is 1. The zero-order chi connectivity index (χ0) is 21.4. The number of nitrogens with zero attached hydrogens (tertiary/aromatic N) is 2. The van der Waals surface area contributed by atoms with E-state index in [1.807, 2.05) is 18.2 Å². The van der Waals surface area contributed by atoms with E-state index in [-0.39, 0.29) is 34.7 Å². The highest BCUT2D eigenvalue weighted by Crippen LogP contribution is 2.36. The van der Waals surface area contributed by atoms with Gasteiger partial charge in [-0.05, 0) is 48.9 Å². The molecule has 0 unspecified atom stereocenters. The van der Waals surface area contributed by atoms with E-state index in [0.717, 1.165) is 30.8 Å². The molecule has 0 radical (unpaired) electrons. The number of likely N-dealkylation sites (tertiary alicyclic amines) is 1. The summed E-state index contributed by atoms with van der Waals surface area (Å²) in [6.45, 7) is 0.834. The summed E-state index contributed by atoms with van der Waals surface area (Å²) in [5.74, 6) is 0.205. The fourth-order valence-corrected chi connectivity index (χ4v) is 7.95. The Labute approximate surface area is 187 Å². The van der Waals surface area contributed by atoms with E-state index in [0.29, 0.717) is 12.5 Å². The van der Waals surface area contributed by atoms with E-state index >= 15 is 0 Å². The van der Waals surface area contributed by atoms with Crippen LogP contribution in [0.15, 0.2) is 53.7 Å². The first kappa shape index (κ1) is 21.0. The van der Waals surface area contributed by atoms with Crippen LogP contribution in [0.5, 0.6) is 0 Å². The van der Waals surface area contributed by atoms with Gasteiger partial charge in [-0.2, -0.15) is 0 Å². The van der Waals surface area contributed by atoms with Crippen LogP contribution >= 0.6 is 11.8 Å². The monoisotopic (exact) mass is 457 g/mol. The number of hydrogen-bond donors (Lipinski definition) is 1. The van der Waals surface area contributed by atoms with Crippen LogP contribution in [0.4, 0.5) is 0 Å². The van der Waals surface area contributed by atoms with Gasteiger partial charge in [0.15, 0.2) is 9.84 Å². The molecule has 2 fully saturated rings. The molecule has 164 valence electrons. The van der Waals surface area contributed by atoms with Crippen molar-refractivity contribution in [2.45, 2.75) is 54.1 Å². The molecule has 5 rings (SSSR count). The molecule has 3 atom stereocenters. The Morgan fingerprint density at radius 2 is 1.84 bits per heavy atom. The van der Waals surface area contributed by atoms with Crippen molar-refractivity contribution in [2.24, 2.45) is 0 Å². The van der Waals surface area contributed by atoms with E-state index < -0.39 is 9.84 Å². The van der Waals surface area contributed by atoms with Crippen LogP contribution in [0, 0.1) is 0 Å². The minimum atomic E-state index is -3.02. The summed E-state index contributed by atoms with van der Waals surface area (Å²) in [4.78, 5) is 20.1. The van der Waals surface area contributed by atoms with Crippen LogP contribution in [0.2, 0.25) is 0 Å². The van der Waals surface area contributed by atoms with Crippen LogP contribution in [-0.2, 0) is 27.5 Å². The SMILES string of the molecule is O=C(N[C@H]1CCS(=O)(=O)C1)[C@@H]1C[C@@H](Sc2ccccn2)CN1C1Cc2ccccc2C1. The van der Waals surface area contributed by atoms with Crippen molar-refractivity contribution >= 4 is 27.5 Å². The van der Waals surface area contributed by atoms with Gasteiger partial charge in [-0.15, -0.1) is 11.8 Å². The van der Waals surface area contributed by atoms with Gasteiger partial charge in [0.1, 0.15) is 0 Å². The number of carbonyl (C=O) groups is 1. The maximum Gasteiger partial charge on any atom is 0.237 e. The van der Waals surface area contributed by atoms with Gasteiger partial charge in [-0.1, -0.05) is 30.3 Å². The number of amides is 1. The molecule has 1 amide bonds. The summed E-state index contributed by atoms with van der Waals surface area (Å²) >= 11 is 1.73. The molecule has 0 saturated carbocycles. The van der Waals surface area contributed by atoms with Crippen molar-refractivity contribution in [3.8, 4) is 0 Å². The number of benzene rings is 1. The van der Waals surface area contributed by atoms with Crippen LogP contribution in [0.3, 0.4) is 0 Å². The molecule has 31 heavy (non-hydrogen) atoms. The van der Waals surface area contributed by atoms with E-state index in [9.17, 15) is 13.2 Å². The van der Waals surface area contributed by atoms with Crippen molar-refractivity contribution in [2.75, 3.05) is 18.1 Å². The van der Waals surface area contributed by atoms with Crippen molar-refractivity contribution in [3.63, 3.8) is 0 Å². The molecule has 1 N–H and O–H groups in total. The van der Waals surface area contributed by atoms with E-state index in [1.165, 1.54) is 11.1 Å². The third-order valence-electron chi connectivity index (χ3n) is 6.61. The maximum absolute atomic E-state index is 13.3. The van der Waals surface area contributed by atoms with E-state index in [1.54, 1.807) is 18.0 Å². The van der Waals surface area contributed by atoms with E-state index in [4.69, 9.17) is 0 Å². The first-order valence-electron chi connectivity index (χ1n) is 10.9. The first-order chi connectivity index (χ1) is 15.0. The number of rotatable bonds is 5. The second-order valence-electron chi connectivity index (χ2n) is 8.80. The standard InChI is InChI=1S/C23H27N3O3S2/c27-23(25-18-8-10-31(28,29)15-18)21-13-20(30-22-7-3-4-9-24-22)14-26(21)19-11-16-5-1-2-6-17(16)12-19/h1-7,9,18-21H,8,10-15H2,(H,25,27)/t18-,20+,21-/m0/s1. The second kappa shape index (κ2) is 8.56. The fraction of sp³-hybridized carbons (Fsp3) is 0.478. The highest BCUT2D eigenvalue weighted by atomic mass is 32.2. The van der Waals surface area contributed by atoms with Gasteiger partial charge >= 0.3 is 0 Å². The van der Waals surface area contributed by atoms with Gasteiger partial charge in [0.05, 0.1) is 22.6 Å². The Bertz CT molecular complexity index is 1040. The van der Waals surface area contributed by atoms with Gasteiger partial charge in [0.2, 0.25) is 5.91 Å². The smallest absolute Gasteiger partial charge is 0.237 e. The molecular formula is C23H27N3O3S2. The van der Waals surface area contributed by atoms with Gasteiger partial charge in [-0.3, -0.25) is 9.69 Å². The number of pyridine rings is 1. The largest absolute Gasteiger partial charge is 0.351 e. The molecule has 0 spiro atoms. The van der Waals surface area contributed by atoms with Gasteiger partial charge in [-0.25, -0.2) is 13.4 Å². The summed E-state index contributed by atoms with van der Waals surface area (Å²) in [5.41, 5.74) is 2.74. The third kappa shape index (κ3) is 4.66. The number of sulfone groups is 1. The molecule has 3 heterocycles. The van der Waals surface area contributed by atoms with Gasteiger partial charge < -0.3 is 5.32 Å². The average Bonchev–Trinajstić information content (AvgIpc) is 3.45. The summed E-state index contributed by atoms with van der Waals surface area (Å²) in [7, 11) is -3.02. The number of carbonyl (C=O) groups excluding carboxylic acids is 1. The van der Waals surface area contributed by atoms with Crippen LogP contribution < -0.4 is 5.32 Å². The predicted molar refractivity (Wildman–Crippen MR) is 122 cm³/mol. The van der Waals surface area contributed by atoms with Crippen molar-refractivity contribution in [3.05, 3.63) is 59.8 Å². The first-order valence-corrected chi connectivity index (χ1v) is 13.6. The van der Waals surface area contributed by atoms with Crippen LogP contribution in [-0.4, -0.2) is 65.6 Å². The molecule has 2 aliphatic heterocycles. The lowest BCUT2D eigenvalue weighted by Crippen LogP contribution is -2.50. The average molecular weight is 458 g/mol. The van der Waals surface area contributed by atoms with E-state index in [2.05, 4.69) is 39.5 Å². The molecular weight excluding hydrogens is 430 g/mol. The third-order valence-corrected chi connectivity index (χ3v) is 9.53. The lowest BCUT2D eigenvalue weighted by molar-refractivity contribution is -0.126. The fourth-order valence-electron chi connectivity index (χ4n) is 5.13. The zero-order valence-electron chi connectivity index (χ0n) is 17.3. The summed E-state index contributed by atoms with van der Waals surface area (Å²) in [5, 5.41) is 4.31. The Morgan fingerprint density at radius 1 is 1.10 bits per heavy atom. The predicted octanol–water partition coefficient (Wildman–Crippen LogP) is 2.09. The Hall–Kier alpha value is -1.90. The Kier molecular flexibility index (Phi) is 5.79. The normalized spacial score (nSPS) is 27.9. The Morgan fingerprint density at radius 3 is 2.48 bits per heavy atom. The number of thioether (sulfide) groups is 1. The summed E-state index contributed by atoms with van der Waals surface area (Å²) < 4.78 is 23.7. The molecule has 8 heteroatoms. The number of aromatic nitrogens is 1. The number of hydrogen-bond acceptors (Lipinski definition) is 6. The lowest BCUT2D eigenvalue weighted by Gasteiger charge is -2.30. The molecule has 2 aromatic rings. The molecule has 3 aliphatic rings. The summed E-state index contributed by atoms with van der Waals surface area (Å²) in [6, 6.07) is 14.2. The molecule has 1 aliphatic carbocycles. The quantitative estimate of drug-likeness (QED) is 0.741. The minimum absolute atomic E-state index is 0.0258. The summed E-state index contributed by atoms with van der Waals surface area (Å²) in [6.07, 6.45) is 4.98. The number of nitrogens with one attached hydrogen (secondary N) is 1. The van der Waals surface area contributed by atoms with Gasteiger partial charge in [0.25, 0.3) is 0 Å². The topological polar surface area (TPSA) is 79.4 Å². The molecule has 1 aromatic heterocycles. The Balaban J connectivity index is 1.32. The zero-order valence-corrected chi connectivity index (χ0v) is 18.9. The van der Waals surface area contributed by atoms with Crippen molar-refractivity contribution in [1.82, 2.24) is 15.2 Å². The highest BCUT2D eigenvalue weighted by Gasteiger charge is 2.43. The van der Waals surface area contributed by atoms with Crippen LogP contribution in [0.25, 0.3) is 0 Å². The minimum Gasteiger partial charge on any atom is -0.351 e. The molecule has 2 saturated heterocycles. The van der Waals surface area contributed by atoms with Crippen molar-refractivity contribution in [1.29, 1.82) is 0 Å². The molecule has 0 bridgehead atoms. The lowest BCUT2D eigenvalue weighted by atomic mass is 10.1. The molecule has 6 nitrogen and oxygen atoms in total. The maximum atomic E-state index is 13.3. The second-order valence-corrected chi connectivity index (χ2v) is 12.3. The van der Waals surface area contributed by atoms with Gasteiger partial charge in [0, 0.05) is 30.1 Å². The highest BCUT2D eigenvalue weighted by molar-refractivity contribution is 7.99.